The highest BCUT2D eigenvalue weighted by Crippen LogP contribution is 2.13. The fraction of sp³-hybridized carbons (Fsp3) is 0.684. The second-order valence-corrected chi connectivity index (χ2v) is 6.29. The third-order valence-corrected chi connectivity index (χ3v) is 4.42. The van der Waals surface area contributed by atoms with Crippen molar-refractivity contribution in [1.29, 1.82) is 0 Å². The Kier molecular flexibility index (Phi) is 10.1. The Balaban J connectivity index is 2.70. The lowest BCUT2D eigenvalue weighted by Crippen LogP contribution is -2.44. The third kappa shape index (κ3) is 8.00. The number of hydrogen-bond donors (Lipinski definition) is 0. The molecule has 0 N–H and O–H groups in total. The van der Waals surface area contributed by atoms with Gasteiger partial charge in [0.2, 0.25) is 11.8 Å². The monoisotopic (exact) mass is 320 g/mol. The Bertz CT molecular complexity index is 357. The van der Waals surface area contributed by atoms with Crippen molar-refractivity contribution in [2.45, 2.75) is 64.2 Å². The van der Waals surface area contributed by atoms with Crippen LogP contribution in [0.25, 0.3) is 0 Å². The van der Waals surface area contributed by atoms with E-state index in [1.54, 1.807) is 9.80 Å². The SMILES string of the molecule is C=CC(=O)N1CCCCCCCCCCCCN(C(=O)C=C)C1. The molecule has 0 aromatic rings. The molecule has 130 valence electrons. The highest BCUT2D eigenvalue weighted by atomic mass is 16.2. The average molecular weight is 320 g/mol. The first-order valence-electron chi connectivity index (χ1n) is 9.01. The molecule has 1 aliphatic rings. The van der Waals surface area contributed by atoms with Gasteiger partial charge in [-0.25, -0.2) is 0 Å². The molecule has 0 spiro atoms. The molecule has 2 amide bonds. The van der Waals surface area contributed by atoms with Gasteiger partial charge in [0.05, 0.1) is 6.67 Å². The molecule has 1 fully saturated rings. The Morgan fingerprint density at radius 1 is 0.609 bits per heavy atom. The van der Waals surface area contributed by atoms with E-state index in [-0.39, 0.29) is 11.8 Å². The lowest BCUT2D eigenvalue weighted by Gasteiger charge is -2.29. The molecule has 1 rings (SSSR count). The van der Waals surface area contributed by atoms with E-state index in [2.05, 4.69) is 13.2 Å². The number of carbonyl (C=O) groups excluding carboxylic acids is 2. The van der Waals surface area contributed by atoms with Crippen LogP contribution in [0.15, 0.2) is 25.3 Å². The summed E-state index contributed by atoms with van der Waals surface area (Å²) in [7, 11) is 0. The summed E-state index contributed by atoms with van der Waals surface area (Å²) in [4.78, 5) is 27.6. The van der Waals surface area contributed by atoms with Gasteiger partial charge >= 0.3 is 0 Å². The number of rotatable bonds is 2. The zero-order chi connectivity index (χ0) is 16.9. The number of hydrogen-bond acceptors (Lipinski definition) is 2. The summed E-state index contributed by atoms with van der Waals surface area (Å²) in [6.45, 7) is 8.88. The summed E-state index contributed by atoms with van der Waals surface area (Å²) in [5.74, 6) is -0.202. The Morgan fingerprint density at radius 3 is 1.22 bits per heavy atom. The van der Waals surface area contributed by atoms with Gasteiger partial charge in [0.1, 0.15) is 0 Å². The minimum absolute atomic E-state index is 0.101. The molecule has 0 atom stereocenters. The van der Waals surface area contributed by atoms with Crippen molar-refractivity contribution in [3.05, 3.63) is 25.3 Å². The maximum atomic E-state index is 12.1. The van der Waals surface area contributed by atoms with Crippen LogP contribution in [-0.4, -0.2) is 41.4 Å². The van der Waals surface area contributed by atoms with Gasteiger partial charge in [-0.2, -0.15) is 0 Å². The Labute approximate surface area is 141 Å². The molecule has 0 radical (unpaired) electrons. The molecular weight excluding hydrogens is 288 g/mol. The fourth-order valence-electron chi connectivity index (χ4n) is 2.98. The van der Waals surface area contributed by atoms with Gasteiger partial charge in [0.25, 0.3) is 0 Å². The first kappa shape index (κ1) is 19.5. The van der Waals surface area contributed by atoms with Crippen molar-refractivity contribution in [3.8, 4) is 0 Å². The van der Waals surface area contributed by atoms with E-state index in [4.69, 9.17) is 0 Å². The van der Waals surface area contributed by atoms with E-state index >= 15 is 0 Å². The summed E-state index contributed by atoms with van der Waals surface area (Å²) in [5.41, 5.74) is 0. The number of nitrogens with zero attached hydrogens (tertiary/aromatic N) is 2. The van der Waals surface area contributed by atoms with Crippen LogP contribution in [0.3, 0.4) is 0 Å². The van der Waals surface area contributed by atoms with E-state index in [9.17, 15) is 9.59 Å². The van der Waals surface area contributed by atoms with Gasteiger partial charge in [-0.1, -0.05) is 64.5 Å². The van der Waals surface area contributed by atoms with Crippen molar-refractivity contribution in [3.63, 3.8) is 0 Å². The van der Waals surface area contributed by atoms with Gasteiger partial charge in [-0.15, -0.1) is 0 Å². The standard InChI is InChI=1S/C19H32N2O2/c1-3-18(22)20-15-13-11-9-7-5-6-8-10-12-14-16-21(17-20)19(23)4-2/h3-4H,1-2,5-17H2. The molecule has 0 saturated carbocycles. The first-order chi connectivity index (χ1) is 11.2. The summed E-state index contributed by atoms with van der Waals surface area (Å²) < 4.78 is 0. The largest absolute Gasteiger partial charge is 0.321 e. The van der Waals surface area contributed by atoms with Gasteiger partial charge in [-0.3, -0.25) is 9.59 Å². The molecule has 0 bridgehead atoms. The van der Waals surface area contributed by atoms with E-state index in [0.29, 0.717) is 19.8 Å². The molecular formula is C19H32N2O2. The summed E-state index contributed by atoms with van der Waals surface area (Å²) in [5, 5.41) is 0. The first-order valence-corrected chi connectivity index (χ1v) is 9.01. The van der Waals surface area contributed by atoms with Crippen molar-refractivity contribution in [1.82, 2.24) is 9.80 Å². The Morgan fingerprint density at radius 2 is 0.913 bits per heavy atom. The van der Waals surface area contributed by atoms with Crippen LogP contribution in [0.2, 0.25) is 0 Å². The van der Waals surface area contributed by atoms with E-state index < -0.39 is 0 Å². The average Bonchev–Trinajstić information content (AvgIpc) is 2.58. The predicted molar refractivity (Wildman–Crippen MR) is 94.9 cm³/mol. The van der Waals surface area contributed by atoms with Crippen LogP contribution in [0, 0.1) is 0 Å². The van der Waals surface area contributed by atoms with Gasteiger partial charge in [0.15, 0.2) is 0 Å². The van der Waals surface area contributed by atoms with Gasteiger partial charge < -0.3 is 9.80 Å². The zero-order valence-electron chi connectivity index (χ0n) is 14.5. The van der Waals surface area contributed by atoms with Gasteiger partial charge in [0, 0.05) is 13.1 Å². The Hall–Kier alpha value is -1.58. The summed E-state index contributed by atoms with van der Waals surface area (Å²) in [6.07, 6.45) is 14.6. The summed E-state index contributed by atoms with van der Waals surface area (Å²) >= 11 is 0. The van der Waals surface area contributed by atoms with E-state index in [0.717, 1.165) is 25.7 Å². The predicted octanol–water partition coefficient (Wildman–Crippen LogP) is 3.89. The maximum absolute atomic E-state index is 12.1. The highest BCUT2D eigenvalue weighted by Gasteiger charge is 2.17. The topological polar surface area (TPSA) is 40.6 Å². The number of carbonyl (C=O) groups is 2. The normalized spacial score (nSPS) is 19.3. The molecule has 4 heteroatoms. The second kappa shape index (κ2) is 11.9. The second-order valence-electron chi connectivity index (χ2n) is 6.29. The molecule has 0 unspecified atom stereocenters. The smallest absolute Gasteiger partial charge is 0.247 e. The lowest BCUT2D eigenvalue weighted by molar-refractivity contribution is -0.134. The molecule has 1 heterocycles. The van der Waals surface area contributed by atoms with Crippen LogP contribution in [0.4, 0.5) is 0 Å². The maximum Gasteiger partial charge on any atom is 0.247 e. The van der Waals surface area contributed by atoms with Crippen LogP contribution in [0.1, 0.15) is 64.2 Å². The molecule has 0 aliphatic carbocycles. The van der Waals surface area contributed by atoms with Crippen molar-refractivity contribution in [2.75, 3.05) is 19.8 Å². The molecule has 23 heavy (non-hydrogen) atoms. The van der Waals surface area contributed by atoms with Crippen LogP contribution < -0.4 is 0 Å². The van der Waals surface area contributed by atoms with Crippen molar-refractivity contribution < 1.29 is 9.59 Å². The van der Waals surface area contributed by atoms with Crippen LogP contribution in [0.5, 0.6) is 0 Å². The quantitative estimate of drug-likeness (QED) is 0.724. The molecule has 1 saturated heterocycles. The molecule has 4 nitrogen and oxygen atoms in total. The zero-order valence-corrected chi connectivity index (χ0v) is 14.5. The minimum Gasteiger partial charge on any atom is -0.321 e. The molecule has 0 aromatic carbocycles. The van der Waals surface area contributed by atoms with E-state index in [1.165, 1.54) is 50.7 Å². The number of amides is 2. The van der Waals surface area contributed by atoms with Crippen molar-refractivity contribution in [2.24, 2.45) is 0 Å². The summed E-state index contributed by atoms with van der Waals surface area (Å²) in [6, 6.07) is 0. The lowest BCUT2D eigenvalue weighted by atomic mass is 10.1. The minimum atomic E-state index is -0.101. The van der Waals surface area contributed by atoms with Crippen molar-refractivity contribution >= 4 is 11.8 Å². The van der Waals surface area contributed by atoms with Crippen LogP contribution in [-0.2, 0) is 9.59 Å². The third-order valence-electron chi connectivity index (χ3n) is 4.42. The molecule has 0 aromatic heterocycles. The molecule has 1 aliphatic heterocycles. The van der Waals surface area contributed by atoms with Gasteiger partial charge in [-0.05, 0) is 25.0 Å². The highest BCUT2D eigenvalue weighted by molar-refractivity contribution is 5.89. The van der Waals surface area contributed by atoms with Crippen LogP contribution >= 0.6 is 0 Å². The fourth-order valence-corrected chi connectivity index (χ4v) is 2.98. The van der Waals surface area contributed by atoms with E-state index in [1.807, 2.05) is 0 Å².